The molecule has 0 saturated carbocycles. The van der Waals surface area contributed by atoms with Gasteiger partial charge in [-0.2, -0.15) is 4.99 Å². The van der Waals surface area contributed by atoms with Crippen LogP contribution in [-0.4, -0.2) is 29.7 Å². The van der Waals surface area contributed by atoms with Gasteiger partial charge in [-0.15, -0.1) is 0 Å². The van der Waals surface area contributed by atoms with E-state index in [0.717, 1.165) is 21.0 Å². The summed E-state index contributed by atoms with van der Waals surface area (Å²) in [5, 5.41) is 2.15. The van der Waals surface area contributed by atoms with Gasteiger partial charge in [-0.1, -0.05) is 59.9 Å². The van der Waals surface area contributed by atoms with E-state index in [1.54, 1.807) is 11.5 Å². The van der Waals surface area contributed by atoms with Gasteiger partial charge in [0.15, 0.2) is 4.80 Å². The van der Waals surface area contributed by atoms with Crippen molar-refractivity contribution in [2.45, 2.75) is 19.9 Å². The van der Waals surface area contributed by atoms with Crippen LogP contribution in [0.1, 0.15) is 13.3 Å². The second-order valence-corrected chi connectivity index (χ2v) is 7.81. The predicted molar refractivity (Wildman–Crippen MR) is 121 cm³/mol. The van der Waals surface area contributed by atoms with Crippen molar-refractivity contribution in [2.75, 3.05) is 13.2 Å². The summed E-state index contributed by atoms with van der Waals surface area (Å²) < 4.78 is 13.5. The molecule has 0 aliphatic rings. The third-order valence-electron chi connectivity index (χ3n) is 4.71. The van der Waals surface area contributed by atoms with E-state index in [2.05, 4.69) is 4.99 Å². The standard InChI is InChI=1S/C24H22N2O4S/c1-2-29-22(28)16-26-20-13-12-17-8-6-7-11-19(17)23(20)31-24(26)25-21(27)14-15-30-18-9-4-3-5-10-18/h3-13H,2,14-16H2,1H3. The van der Waals surface area contributed by atoms with Gasteiger partial charge in [-0.3, -0.25) is 9.59 Å². The molecule has 7 heteroatoms. The highest BCUT2D eigenvalue weighted by Crippen LogP contribution is 2.27. The van der Waals surface area contributed by atoms with E-state index in [9.17, 15) is 9.59 Å². The first-order valence-electron chi connectivity index (χ1n) is 10.1. The fourth-order valence-electron chi connectivity index (χ4n) is 3.31. The van der Waals surface area contributed by atoms with Gasteiger partial charge >= 0.3 is 5.97 Å². The Balaban J connectivity index is 1.66. The molecule has 31 heavy (non-hydrogen) atoms. The van der Waals surface area contributed by atoms with E-state index in [4.69, 9.17) is 9.47 Å². The highest BCUT2D eigenvalue weighted by atomic mass is 32.1. The number of amides is 1. The summed E-state index contributed by atoms with van der Waals surface area (Å²) in [4.78, 5) is 29.5. The molecule has 1 amide bonds. The van der Waals surface area contributed by atoms with Gasteiger partial charge in [0.25, 0.3) is 5.91 Å². The van der Waals surface area contributed by atoms with E-state index in [-0.39, 0.29) is 31.4 Å². The molecule has 1 aromatic heterocycles. The Hall–Kier alpha value is -3.45. The first-order chi connectivity index (χ1) is 15.2. The molecule has 1 heterocycles. The average molecular weight is 435 g/mol. The topological polar surface area (TPSA) is 69.9 Å². The molecule has 3 aromatic carbocycles. The monoisotopic (exact) mass is 434 g/mol. The molecule has 0 saturated heterocycles. The molecule has 0 N–H and O–H groups in total. The lowest BCUT2D eigenvalue weighted by Gasteiger charge is -2.06. The number of hydrogen-bond acceptors (Lipinski definition) is 5. The van der Waals surface area contributed by atoms with Gasteiger partial charge in [0.1, 0.15) is 12.3 Å². The second kappa shape index (κ2) is 9.57. The van der Waals surface area contributed by atoms with Crippen LogP contribution in [0.15, 0.2) is 71.7 Å². The van der Waals surface area contributed by atoms with Crippen molar-refractivity contribution in [3.05, 3.63) is 71.5 Å². The van der Waals surface area contributed by atoms with Gasteiger partial charge in [0, 0.05) is 5.39 Å². The third kappa shape index (κ3) is 4.83. The third-order valence-corrected chi connectivity index (χ3v) is 5.84. The molecular formula is C24H22N2O4S. The molecule has 0 spiro atoms. The number of esters is 1. The van der Waals surface area contributed by atoms with Crippen molar-refractivity contribution < 1.29 is 19.1 Å². The molecular weight excluding hydrogens is 412 g/mol. The van der Waals surface area contributed by atoms with Gasteiger partial charge in [-0.25, -0.2) is 0 Å². The number of ether oxygens (including phenoxy) is 2. The maximum absolute atomic E-state index is 12.5. The molecule has 0 aliphatic heterocycles. The molecule has 6 nitrogen and oxygen atoms in total. The molecule has 4 rings (SSSR count). The SMILES string of the molecule is CCOC(=O)Cn1c(=NC(=O)CCOc2ccccc2)sc2c3ccccc3ccc21. The summed E-state index contributed by atoms with van der Waals surface area (Å²) in [6.07, 6.45) is 0.142. The van der Waals surface area contributed by atoms with Crippen molar-refractivity contribution in [1.82, 2.24) is 4.57 Å². The van der Waals surface area contributed by atoms with Crippen LogP contribution >= 0.6 is 11.3 Å². The Morgan fingerprint density at radius 2 is 1.77 bits per heavy atom. The minimum absolute atomic E-state index is 0.00118. The lowest BCUT2D eigenvalue weighted by molar-refractivity contribution is -0.143. The molecule has 0 fully saturated rings. The lowest BCUT2D eigenvalue weighted by Crippen LogP contribution is -2.23. The summed E-state index contributed by atoms with van der Waals surface area (Å²) in [6.45, 7) is 2.30. The van der Waals surface area contributed by atoms with Crippen LogP contribution < -0.4 is 9.54 Å². The average Bonchev–Trinajstić information content (AvgIpc) is 3.12. The molecule has 0 radical (unpaired) electrons. The van der Waals surface area contributed by atoms with Gasteiger partial charge in [0.05, 0.1) is 29.9 Å². The first-order valence-corrected chi connectivity index (χ1v) is 10.9. The maximum Gasteiger partial charge on any atom is 0.326 e. The quantitative estimate of drug-likeness (QED) is 0.406. The normalized spacial score (nSPS) is 11.7. The zero-order valence-electron chi connectivity index (χ0n) is 17.1. The number of hydrogen-bond donors (Lipinski definition) is 0. The van der Waals surface area contributed by atoms with Gasteiger partial charge in [-0.05, 0) is 30.5 Å². The van der Waals surface area contributed by atoms with E-state index in [0.29, 0.717) is 17.2 Å². The predicted octanol–water partition coefficient (Wildman–Crippen LogP) is 4.32. The lowest BCUT2D eigenvalue weighted by atomic mass is 10.1. The molecule has 0 atom stereocenters. The highest BCUT2D eigenvalue weighted by molar-refractivity contribution is 7.17. The van der Waals surface area contributed by atoms with Crippen LogP contribution in [0.25, 0.3) is 21.0 Å². The number of para-hydroxylation sites is 1. The Labute approximate surface area is 183 Å². The number of carbonyl (C=O) groups excluding carboxylic acids is 2. The van der Waals surface area contributed by atoms with E-state index >= 15 is 0 Å². The fourth-order valence-corrected chi connectivity index (χ4v) is 4.49. The van der Waals surface area contributed by atoms with Crippen LogP contribution in [0.5, 0.6) is 5.75 Å². The van der Waals surface area contributed by atoms with Crippen molar-refractivity contribution in [1.29, 1.82) is 0 Å². The minimum atomic E-state index is -0.364. The smallest absolute Gasteiger partial charge is 0.326 e. The number of benzene rings is 3. The van der Waals surface area contributed by atoms with Crippen LogP contribution in [0.3, 0.4) is 0 Å². The zero-order valence-corrected chi connectivity index (χ0v) is 17.9. The van der Waals surface area contributed by atoms with Crippen molar-refractivity contribution in [3.8, 4) is 5.75 Å². The fraction of sp³-hybridized carbons (Fsp3) is 0.208. The second-order valence-electron chi connectivity index (χ2n) is 6.83. The molecule has 0 bridgehead atoms. The largest absolute Gasteiger partial charge is 0.493 e. The Bertz CT molecular complexity index is 1290. The number of nitrogens with zero attached hydrogens (tertiary/aromatic N) is 2. The number of thiazole rings is 1. The summed E-state index contributed by atoms with van der Waals surface area (Å²) >= 11 is 1.40. The number of rotatable bonds is 7. The number of fused-ring (bicyclic) bond motifs is 3. The van der Waals surface area contributed by atoms with E-state index < -0.39 is 0 Å². The Morgan fingerprint density at radius 3 is 2.58 bits per heavy atom. The molecule has 158 valence electrons. The Morgan fingerprint density at radius 1 is 1.00 bits per heavy atom. The molecule has 0 aliphatic carbocycles. The summed E-state index contributed by atoms with van der Waals surface area (Å²) in [5.41, 5.74) is 0.851. The van der Waals surface area contributed by atoms with Crippen LogP contribution in [-0.2, 0) is 20.9 Å². The van der Waals surface area contributed by atoms with Crippen molar-refractivity contribution in [2.24, 2.45) is 4.99 Å². The zero-order chi connectivity index (χ0) is 21.6. The number of aromatic nitrogens is 1. The van der Waals surface area contributed by atoms with Crippen molar-refractivity contribution in [3.63, 3.8) is 0 Å². The minimum Gasteiger partial charge on any atom is -0.493 e. The Kier molecular flexibility index (Phi) is 6.43. The van der Waals surface area contributed by atoms with Crippen LogP contribution in [0.4, 0.5) is 0 Å². The summed E-state index contributed by atoms with van der Waals surface area (Å²) in [6, 6.07) is 21.3. The van der Waals surface area contributed by atoms with Gasteiger partial charge < -0.3 is 14.0 Å². The van der Waals surface area contributed by atoms with Gasteiger partial charge in [0.2, 0.25) is 0 Å². The van der Waals surface area contributed by atoms with E-state index in [1.807, 2.05) is 66.7 Å². The van der Waals surface area contributed by atoms with Crippen LogP contribution in [0, 0.1) is 0 Å². The van der Waals surface area contributed by atoms with Crippen LogP contribution in [0.2, 0.25) is 0 Å². The van der Waals surface area contributed by atoms with Crippen molar-refractivity contribution >= 4 is 44.2 Å². The highest BCUT2D eigenvalue weighted by Gasteiger charge is 2.14. The first kappa shape index (κ1) is 20.8. The molecule has 4 aromatic rings. The van der Waals surface area contributed by atoms with E-state index in [1.165, 1.54) is 11.3 Å². The molecule has 0 unspecified atom stereocenters. The number of carbonyl (C=O) groups is 2. The summed E-state index contributed by atoms with van der Waals surface area (Å²) in [7, 11) is 0. The maximum atomic E-state index is 12.5. The summed E-state index contributed by atoms with van der Waals surface area (Å²) in [5.74, 6) is 0.0436.